The molecule has 0 bridgehead atoms. The van der Waals surface area contributed by atoms with Crippen LogP contribution >= 0.6 is 11.3 Å². The van der Waals surface area contributed by atoms with Gasteiger partial charge in [-0.25, -0.2) is 9.78 Å². The van der Waals surface area contributed by atoms with Gasteiger partial charge in [-0.1, -0.05) is 0 Å². The lowest BCUT2D eigenvalue weighted by Gasteiger charge is -2.29. The van der Waals surface area contributed by atoms with Gasteiger partial charge < -0.3 is 15.3 Å². The highest BCUT2D eigenvalue weighted by Gasteiger charge is 2.35. The average molecular weight is 297 g/mol. The molecule has 1 aromatic rings. The van der Waals surface area contributed by atoms with Crippen molar-refractivity contribution in [2.24, 2.45) is 0 Å². The van der Waals surface area contributed by atoms with Crippen LogP contribution in [0.3, 0.4) is 0 Å². The fraction of sp³-hybridized carbons (Fsp3) is 0.615. The van der Waals surface area contributed by atoms with Crippen LogP contribution in [0.2, 0.25) is 0 Å². The number of thiazole rings is 1. The molecule has 1 saturated carbocycles. The zero-order valence-corrected chi connectivity index (χ0v) is 12.4. The molecule has 20 heavy (non-hydrogen) atoms. The number of hydrogen-bond acceptors (Lipinski definition) is 4. The predicted molar refractivity (Wildman–Crippen MR) is 75.7 cm³/mol. The molecule has 0 aromatic carbocycles. The Labute approximate surface area is 121 Å². The molecule has 0 saturated heterocycles. The topological polar surface area (TPSA) is 82.5 Å². The minimum Gasteiger partial charge on any atom is -0.481 e. The molecule has 0 radical (unpaired) electrons. The Kier molecular flexibility index (Phi) is 4.27. The second kappa shape index (κ2) is 5.78. The number of hydrogen-bond donors (Lipinski definition) is 2. The van der Waals surface area contributed by atoms with Crippen molar-refractivity contribution in [2.75, 3.05) is 6.54 Å². The van der Waals surface area contributed by atoms with E-state index in [1.807, 2.05) is 19.2 Å². The van der Waals surface area contributed by atoms with Crippen molar-refractivity contribution in [1.82, 2.24) is 15.2 Å². The number of nitrogens with one attached hydrogen (secondary N) is 1. The smallest absolute Gasteiger partial charge is 0.318 e. The second-order valence-electron chi connectivity index (χ2n) is 5.46. The number of carboxylic acids is 1. The average Bonchev–Trinajstić information content (AvgIpc) is 3.01. The number of carbonyl (C=O) groups is 2. The Morgan fingerprint density at radius 3 is 2.75 bits per heavy atom. The molecule has 0 aliphatic heterocycles. The summed E-state index contributed by atoms with van der Waals surface area (Å²) >= 11 is 1.49. The predicted octanol–water partition coefficient (Wildman–Crippen LogP) is 2.03. The molecule has 1 aliphatic rings. The highest BCUT2D eigenvalue weighted by molar-refractivity contribution is 7.09. The Bertz CT molecular complexity index is 483. The van der Waals surface area contributed by atoms with Gasteiger partial charge in [0.2, 0.25) is 0 Å². The fourth-order valence-corrected chi connectivity index (χ4v) is 2.69. The molecule has 0 spiro atoms. The monoisotopic (exact) mass is 297 g/mol. The highest BCUT2D eigenvalue weighted by atomic mass is 32.1. The van der Waals surface area contributed by atoms with E-state index in [1.54, 1.807) is 11.1 Å². The number of amides is 2. The van der Waals surface area contributed by atoms with E-state index in [2.05, 4.69) is 10.3 Å². The van der Waals surface area contributed by atoms with Gasteiger partial charge in [0.15, 0.2) is 0 Å². The second-order valence-corrected chi connectivity index (χ2v) is 6.36. The van der Waals surface area contributed by atoms with Crippen molar-refractivity contribution in [3.05, 3.63) is 16.6 Å². The van der Waals surface area contributed by atoms with Crippen LogP contribution in [0.25, 0.3) is 0 Å². The van der Waals surface area contributed by atoms with Gasteiger partial charge >= 0.3 is 12.0 Å². The maximum absolute atomic E-state index is 12.3. The quantitative estimate of drug-likeness (QED) is 0.841. The summed E-state index contributed by atoms with van der Waals surface area (Å²) in [6.45, 7) is 4.04. The lowest BCUT2D eigenvalue weighted by atomic mass is 10.1. The van der Waals surface area contributed by atoms with Crippen LogP contribution in [0.15, 0.2) is 11.6 Å². The van der Waals surface area contributed by atoms with Gasteiger partial charge in [0, 0.05) is 24.2 Å². The molecular weight excluding hydrogens is 278 g/mol. The zero-order chi connectivity index (χ0) is 14.8. The number of nitrogens with zero attached hydrogens (tertiary/aromatic N) is 2. The van der Waals surface area contributed by atoms with E-state index in [0.29, 0.717) is 0 Å². The largest absolute Gasteiger partial charge is 0.481 e. The van der Waals surface area contributed by atoms with Crippen molar-refractivity contribution in [3.63, 3.8) is 0 Å². The molecule has 6 nitrogen and oxygen atoms in total. The maximum Gasteiger partial charge on any atom is 0.318 e. The van der Waals surface area contributed by atoms with Crippen LogP contribution in [0, 0.1) is 0 Å². The lowest BCUT2D eigenvalue weighted by molar-refractivity contribution is -0.137. The van der Waals surface area contributed by atoms with Crippen LogP contribution in [0.5, 0.6) is 0 Å². The molecule has 0 atom stereocenters. The molecule has 1 fully saturated rings. The molecule has 0 unspecified atom stereocenters. The molecule has 7 heteroatoms. The third-order valence-corrected chi connectivity index (χ3v) is 4.30. The summed E-state index contributed by atoms with van der Waals surface area (Å²) in [6, 6.07) is -0.0320. The van der Waals surface area contributed by atoms with Gasteiger partial charge in [-0.15, -0.1) is 11.3 Å². The zero-order valence-electron chi connectivity index (χ0n) is 11.6. The van der Waals surface area contributed by atoms with Crippen LogP contribution in [0.1, 0.15) is 38.1 Å². The first-order valence-corrected chi connectivity index (χ1v) is 7.48. The van der Waals surface area contributed by atoms with E-state index >= 15 is 0 Å². The van der Waals surface area contributed by atoms with Gasteiger partial charge in [0.1, 0.15) is 5.01 Å². The Morgan fingerprint density at radius 2 is 2.25 bits per heavy atom. The van der Waals surface area contributed by atoms with Gasteiger partial charge in [0.25, 0.3) is 0 Å². The van der Waals surface area contributed by atoms with Crippen molar-refractivity contribution in [1.29, 1.82) is 0 Å². The van der Waals surface area contributed by atoms with Gasteiger partial charge in [-0.3, -0.25) is 4.79 Å². The van der Waals surface area contributed by atoms with Gasteiger partial charge in [-0.05, 0) is 26.7 Å². The van der Waals surface area contributed by atoms with Crippen molar-refractivity contribution >= 4 is 23.3 Å². The summed E-state index contributed by atoms with van der Waals surface area (Å²) in [4.78, 5) is 28.9. The number of aliphatic carboxylic acids is 1. The van der Waals surface area contributed by atoms with Crippen LogP contribution in [-0.2, 0) is 10.3 Å². The minimum absolute atomic E-state index is 0.0262. The summed E-state index contributed by atoms with van der Waals surface area (Å²) < 4.78 is 0. The standard InChI is InChI=1S/C13H19N3O3S/c1-13(2,11-14-6-8-20-11)15-12(19)16(9-3-4-9)7-5-10(17)18/h6,8-9H,3-5,7H2,1-2H3,(H,15,19)(H,17,18). The first-order valence-electron chi connectivity index (χ1n) is 6.60. The van der Waals surface area contributed by atoms with Crippen molar-refractivity contribution in [3.8, 4) is 0 Å². The number of aromatic nitrogens is 1. The first-order chi connectivity index (χ1) is 9.40. The number of carboxylic acid groups (broad SMARTS) is 1. The summed E-state index contributed by atoms with van der Waals surface area (Å²) in [6.07, 6.45) is 3.58. The molecule has 1 heterocycles. The van der Waals surface area contributed by atoms with Gasteiger partial charge in [0.05, 0.1) is 12.0 Å². The Balaban J connectivity index is 1.99. The SMILES string of the molecule is CC(C)(NC(=O)N(CCC(=O)O)C1CC1)c1nccs1. The number of rotatable bonds is 6. The van der Waals surface area contributed by atoms with Crippen LogP contribution < -0.4 is 5.32 Å². The van der Waals surface area contributed by atoms with E-state index in [0.717, 1.165) is 17.8 Å². The van der Waals surface area contributed by atoms with E-state index in [9.17, 15) is 9.59 Å². The highest BCUT2D eigenvalue weighted by Crippen LogP contribution is 2.28. The number of urea groups is 1. The van der Waals surface area contributed by atoms with Gasteiger partial charge in [-0.2, -0.15) is 0 Å². The van der Waals surface area contributed by atoms with Crippen LogP contribution in [0.4, 0.5) is 4.79 Å². The van der Waals surface area contributed by atoms with E-state index in [4.69, 9.17) is 5.11 Å². The minimum atomic E-state index is -0.886. The summed E-state index contributed by atoms with van der Waals surface area (Å²) in [7, 11) is 0. The molecule has 2 amide bonds. The third-order valence-electron chi connectivity index (χ3n) is 3.20. The molecule has 1 aromatic heterocycles. The maximum atomic E-state index is 12.3. The summed E-state index contributed by atoms with van der Waals surface area (Å²) in [5, 5.41) is 14.4. The van der Waals surface area contributed by atoms with Crippen molar-refractivity contribution in [2.45, 2.75) is 44.7 Å². The van der Waals surface area contributed by atoms with Crippen molar-refractivity contribution < 1.29 is 14.7 Å². The third kappa shape index (κ3) is 3.69. The normalized spacial score (nSPS) is 14.9. The van der Waals surface area contributed by atoms with E-state index in [1.165, 1.54) is 11.3 Å². The number of carbonyl (C=O) groups excluding carboxylic acids is 1. The van der Waals surface area contributed by atoms with E-state index < -0.39 is 11.5 Å². The lowest BCUT2D eigenvalue weighted by Crippen LogP contribution is -2.49. The molecular formula is C13H19N3O3S. The molecule has 110 valence electrons. The fourth-order valence-electron chi connectivity index (χ4n) is 1.98. The molecule has 1 aliphatic carbocycles. The summed E-state index contributed by atoms with van der Waals surface area (Å²) in [5.41, 5.74) is -0.554. The molecule has 2 rings (SSSR count). The van der Waals surface area contributed by atoms with Crippen LogP contribution in [-0.4, -0.2) is 39.6 Å². The summed E-state index contributed by atoms with van der Waals surface area (Å²) in [5.74, 6) is -0.886. The Hall–Kier alpha value is -1.63. The molecule has 2 N–H and O–H groups in total. The Morgan fingerprint density at radius 1 is 1.55 bits per heavy atom. The first kappa shape index (κ1) is 14.8. The van der Waals surface area contributed by atoms with E-state index in [-0.39, 0.29) is 25.0 Å².